The maximum absolute atomic E-state index is 11.1. The number of likely N-dealkylation sites (tertiary alicyclic amines) is 1. The Balaban J connectivity index is -0.000000118. The van der Waals surface area contributed by atoms with E-state index < -0.39 is 0 Å². The molecule has 8 fully saturated rings. The summed E-state index contributed by atoms with van der Waals surface area (Å²) >= 11 is 2.00. The third kappa shape index (κ3) is 48.9. The van der Waals surface area contributed by atoms with Crippen LogP contribution in [0.4, 0.5) is 0 Å². The number of morpholine rings is 1. The van der Waals surface area contributed by atoms with E-state index >= 15 is 0 Å². The van der Waals surface area contributed by atoms with E-state index in [9.17, 15) is 4.79 Å². The topological polar surface area (TPSA) is 133 Å². The number of hydrogen-bond acceptors (Lipinski definition) is 12. The van der Waals surface area contributed by atoms with Gasteiger partial charge in [-0.25, -0.2) is 0 Å². The molecule has 91 heavy (non-hydrogen) atoms. The number of ether oxygens (including phenoxy) is 3. The second kappa shape index (κ2) is 64.6. The SMILES string of the molecule is C.C.C.C.C.C.C.C.C.C.CC(C)C1CCCCN1.CC(C)C1CCCN1.CC(C)C1CCCNC1=O.CC(C)C1CCCO1.CC(C)C1CCc2ncccc2C1.CC(C)C1COCCN1.CC(C)C1COCN1.CC(C)C1CSCN1.CC(C)N1CCCC1. The second-order valence-corrected chi connectivity index (χ2v) is 28.6. The smallest absolute Gasteiger partial charge is 0.223 e. The Kier molecular flexibility index (Phi) is 76.9. The van der Waals surface area contributed by atoms with Crippen LogP contribution in [-0.4, -0.2) is 142 Å². The molecular weight excluding hydrogens is 1140 g/mol. The number of hydrogen-bond donors (Lipinski definition) is 6. The Morgan fingerprint density at radius 1 is 0.495 bits per heavy atom. The van der Waals surface area contributed by atoms with E-state index in [4.69, 9.17) is 14.2 Å². The maximum Gasteiger partial charge on any atom is 0.223 e. The summed E-state index contributed by atoms with van der Waals surface area (Å²) < 4.78 is 15.8. The number of aryl methyl sites for hydroxylation is 1. The molecular formula is C78H174N8O4S. The highest BCUT2D eigenvalue weighted by molar-refractivity contribution is 7.99. The van der Waals surface area contributed by atoms with Crippen molar-refractivity contribution in [1.29, 1.82) is 0 Å². The molecule has 1 aliphatic carbocycles. The number of piperidine rings is 2. The van der Waals surface area contributed by atoms with Crippen molar-refractivity contribution in [3.05, 3.63) is 29.6 Å². The van der Waals surface area contributed by atoms with E-state index in [-0.39, 0.29) is 86.1 Å². The number of fused-ring (bicyclic) bond motifs is 1. The van der Waals surface area contributed by atoms with Crippen molar-refractivity contribution in [2.45, 2.75) is 331 Å². The monoisotopic (exact) mass is 1320 g/mol. The lowest BCUT2D eigenvalue weighted by Crippen LogP contribution is -2.44. The number of carbonyl (C=O) groups is 1. The average Bonchev–Trinajstić information content (AvgIpc) is 3.95. The van der Waals surface area contributed by atoms with E-state index in [1.165, 1.54) is 120 Å². The molecule has 9 heterocycles. The Hall–Kier alpha value is -1.39. The van der Waals surface area contributed by atoms with Gasteiger partial charge >= 0.3 is 0 Å². The van der Waals surface area contributed by atoms with Crippen molar-refractivity contribution < 1.29 is 19.0 Å². The van der Waals surface area contributed by atoms with Gasteiger partial charge in [0.1, 0.15) is 0 Å². The van der Waals surface area contributed by atoms with Gasteiger partial charge in [-0.15, -0.1) is 11.8 Å². The number of aromatic nitrogens is 1. The molecule has 0 bridgehead atoms. The molecule has 0 spiro atoms. The summed E-state index contributed by atoms with van der Waals surface area (Å²) in [6.07, 6.45) is 20.8. The Bertz CT molecular complexity index is 1490. The number of pyridine rings is 1. The molecule has 0 radical (unpaired) electrons. The van der Waals surface area contributed by atoms with E-state index in [1.807, 2.05) is 18.0 Å². The minimum atomic E-state index is 0. The van der Waals surface area contributed by atoms with Gasteiger partial charge in [-0.05, 0) is 188 Å². The van der Waals surface area contributed by atoms with Crippen molar-refractivity contribution >= 4 is 17.7 Å². The molecule has 1 aromatic rings. The molecule has 8 atom stereocenters. The lowest BCUT2D eigenvalue weighted by molar-refractivity contribution is -0.128. The normalized spacial score (nSPS) is 24.2. The lowest BCUT2D eigenvalue weighted by atomic mass is 9.80. The lowest BCUT2D eigenvalue weighted by Gasteiger charge is -2.26. The fourth-order valence-electron chi connectivity index (χ4n) is 11.4. The van der Waals surface area contributed by atoms with Crippen LogP contribution in [0, 0.1) is 59.2 Å². The second-order valence-electron chi connectivity index (χ2n) is 27.5. The van der Waals surface area contributed by atoms with Crippen LogP contribution in [0.2, 0.25) is 0 Å². The number of amides is 1. The van der Waals surface area contributed by atoms with Gasteiger partial charge in [0.15, 0.2) is 0 Å². The number of nitrogens with zero attached hydrogens (tertiary/aromatic N) is 2. The number of nitrogens with one attached hydrogen (secondary N) is 6. The summed E-state index contributed by atoms with van der Waals surface area (Å²) in [7, 11) is 0. The summed E-state index contributed by atoms with van der Waals surface area (Å²) in [5, 5.41) is 19.9. The van der Waals surface area contributed by atoms with Crippen LogP contribution in [-0.2, 0) is 31.8 Å². The first-order chi connectivity index (χ1) is 38.6. The molecule has 8 unspecified atom stereocenters. The summed E-state index contributed by atoms with van der Waals surface area (Å²) in [5.41, 5.74) is 2.81. The molecule has 10 rings (SSSR count). The molecule has 0 saturated carbocycles. The van der Waals surface area contributed by atoms with Gasteiger partial charge in [0.25, 0.3) is 0 Å². The Morgan fingerprint density at radius 3 is 1.35 bits per heavy atom. The zero-order valence-electron chi connectivity index (χ0n) is 56.1. The van der Waals surface area contributed by atoms with Gasteiger partial charge in [0, 0.05) is 85.4 Å². The van der Waals surface area contributed by atoms with Gasteiger partial charge in [-0.1, -0.05) is 198 Å². The van der Waals surface area contributed by atoms with Crippen LogP contribution in [0.25, 0.3) is 0 Å². The molecule has 8 saturated heterocycles. The first kappa shape index (κ1) is 108. The zero-order chi connectivity index (χ0) is 60.1. The third-order valence-corrected chi connectivity index (χ3v) is 18.7. The van der Waals surface area contributed by atoms with Gasteiger partial charge in [-0.3, -0.25) is 15.1 Å². The Morgan fingerprint density at radius 2 is 1.02 bits per heavy atom. The molecule has 13 heteroatoms. The molecule has 6 N–H and O–H groups in total. The maximum atomic E-state index is 11.1. The molecule has 8 aliphatic heterocycles. The van der Waals surface area contributed by atoms with E-state index in [2.05, 4.69) is 179 Å². The fraction of sp³-hybridized carbons (Fsp3) is 0.923. The zero-order valence-corrected chi connectivity index (χ0v) is 56.9. The minimum absolute atomic E-state index is 0. The standard InChI is InChI=1S/C12H17N.C8H15NO.C8H17N.C7H15NO.2C7H15N.C7H14O.C6H13NO.C6H13NS.10CH4/c1-9(2)10-5-6-12-11(8-10)4-3-7-13-12;1-6(2)7-4-3-5-9-8(7)10;1-7(2)8-5-3-4-6-9-8;1-6(2)7-5-9-4-3-8-7;1-7(2)8-5-3-4-6-8;2*1-6(2)7-4-3-5-8-7;2*1-5(2)6-3-8-4-7-6;;;;;;;;;;/h3-4,7,9-10H,5-6,8H2,1-2H3;6-7H,3-5H2,1-2H3,(H,9,10);7-9H,3-6H2,1-2H3;6-8H,3-5H2,1-2H3;7H,3-6H2,1-2H3;6-8H,3-5H2,1-2H3;6-7H,3-5H2,1-2H3;2*5-7H,3-4H2,1-2H3;10*1H4. The van der Waals surface area contributed by atoms with Crippen LogP contribution >= 0.6 is 11.8 Å². The van der Waals surface area contributed by atoms with Crippen molar-refractivity contribution in [3.8, 4) is 0 Å². The summed E-state index contributed by atoms with van der Waals surface area (Å²) in [5.74, 6) is 9.76. The quantitative estimate of drug-likeness (QED) is 0.141. The van der Waals surface area contributed by atoms with Gasteiger partial charge in [-0.2, -0.15) is 0 Å². The van der Waals surface area contributed by atoms with E-state index in [1.54, 1.807) is 0 Å². The van der Waals surface area contributed by atoms with E-state index in [0.29, 0.717) is 35.9 Å². The number of rotatable bonds is 9. The van der Waals surface area contributed by atoms with Crippen molar-refractivity contribution in [1.82, 2.24) is 41.8 Å². The highest BCUT2D eigenvalue weighted by atomic mass is 32.2. The van der Waals surface area contributed by atoms with Crippen LogP contribution < -0.4 is 31.9 Å². The number of carbonyl (C=O) groups excluding carboxylic acids is 1. The third-order valence-electron chi connectivity index (χ3n) is 17.8. The molecule has 9 aliphatic rings. The van der Waals surface area contributed by atoms with Crippen LogP contribution in [0.5, 0.6) is 0 Å². The predicted octanol–water partition coefficient (Wildman–Crippen LogP) is 19.4. The molecule has 12 nitrogen and oxygen atoms in total. The average molecular weight is 1320 g/mol. The van der Waals surface area contributed by atoms with Crippen molar-refractivity contribution in [2.75, 3.05) is 84.1 Å². The molecule has 556 valence electrons. The first-order valence-corrected chi connectivity index (χ1v) is 34.7. The summed E-state index contributed by atoms with van der Waals surface area (Å²) in [6.45, 7) is 51.8. The molecule has 1 aromatic heterocycles. The van der Waals surface area contributed by atoms with E-state index in [0.717, 1.165) is 125 Å². The van der Waals surface area contributed by atoms with Crippen LogP contribution in [0.3, 0.4) is 0 Å². The van der Waals surface area contributed by atoms with Crippen LogP contribution in [0.1, 0.15) is 287 Å². The van der Waals surface area contributed by atoms with Crippen molar-refractivity contribution in [2.24, 2.45) is 59.2 Å². The minimum Gasteiger partial charge on any atom is -0.379 e. The highest BCUT2D eigenvalue weighted by Crippen LogP contribution is 2.29. The summed E-state index contributed by atoms with van der Waals surface area (Å²) in [4.78, 5) is 18.1. The van der Waals surface area contributed by atoms with Gasteiger partial charge in [0.2, 0.25) is 5.91 Å². The Labute approximate surface area is 579 Å². The largest absolute Gasteiger partial charge is 0.379 e. The van der Waals surface area contributed by atoms with Crippen LogP contribution in [0.15, 0.2) is 18.3 Å². The molecule has 0 aromatic carbocycles. The fourth-order valence-corrected chi connectivity index (χ4v) is 12.6. The first-order valence-electron chi connectivity index (χ1n) is 33.6. The summed E-state index contributed by atoms with van der Waals surface area (Å²) in [6, 6.07) is 8.64. The van der Waals surface area contributed by atoms with Gasteiger partial charge < -0.3 is 45.7 Å². The predicted molar refractivity (Wildman–Crippen MR) is 418 cm³/mol. The number of thioether (sulfide) groups is 1. The van der Waals surface area contributed by atoms with Crippen molar-refractivity contribution in [3.63, 3.8) is 0 Å². The molecule has 1 amide bonds. The van der Waals surface area contributed by atoms with Gasteiger partial charge in [0.05, 0.1) is 32.7 Å². The highest BCUT2D eigenvalue weighted by Gasteiger charge is 2.25.